The van der Waals surface area contributed by atoms with Crippen molar-refractivity contribution >= 4 is 5.97 Å². The Balaban J connectivity index is 2.23. The van der Waals surface area contributed by atoms with E-state index in [1.807, 2.05) is 30.3 Å². The lowest BCUT2D eigenvalue weighted by Crippen LogP contribution is -2.10. The minimum absolute atomic E-state index is 0.332. The van der Waals surface area contributed by atoms with Crippen LogP contribution in [-0.2, 0) is 11.2 Å². The molecule has 134 valence electrons. The number of carboxylic acid groups (broad SMARTS) is 1. The molecule has 2 unspecified atom stereocenters. The van der Waals surface area contributed by atoms with E-state index < -0.39 is 5.97 Å². The van der Waals surface area contributed by atoms with Gasteiger partial charge in [-0.2, -0.15) is 0 Å². The molecule has 0 heterocycles. The number of carbonyl (C=O) groups is 1. The highest BCUT2D eigenvalue weighted by molar-refractivity contribution is 5.71. The molecule has 0 saturated heterocycles. The molecule has 0 aliphatic carbocycles. The standard InChI is InChI=1S/C22H28O3/c1-4-16(2)15-25-21-13-12-18(11-10-17(3)22(23)24)14-20(21)19-8-6-5-7-9-19/h5-9,12-14,16-17H,4,10-11,15H2,1-3H3,(H,23,24). The van der Waals surface area contributed by atoms with Crippen LogP contribution in [0.2, 0.25) is 0 Å². The number of hydrogen-bond acceptors (Lipinski definition) is 2. The van der Waals surface area contributed by atoms with Crippen molar-refractivity contribution in [3.63, 3.8) is 0 Å². The first-order valence-electron chi connectivity index (χ1n) is 9.05. The van der Waals surface area contributed by atoms with Crippen LogP contribution < -0.4 is 4.74 Å². The fourth-order valence-corrected chi connectivity index (χ4v) is 2.56. The molecule has 0 amide bonds. The monoisotopic (exact) mass is 340 g/mol. The van der Waals surface area contributed by atoms with E-state index in [4.69, 9.17) is 9.84 Å². The molecule has 2 rings (SSSR count). The van der Waals surface area contributed by atoms with Gasteiger partial charge in [-0.05, 0) is 42.0 Å². The van der Waals surface area contributed by atoms with Crippen molar-refractivity contribution in [2.75, 3.05) is 6.61 Å². The first kappa shape index (κ1) is 19.0. The van der Waals surface area contributed by atoms with Gasteiger partial charge in [0.05, 0.1) is 12.5 Å². The third-order valence-corrected chi connectivity index (χ3v) is 4.64. The number of aryl methyl sites for hydroxylation is 1. The van der Waals surface area contributed by atoms with Crippen molar-refractivity contribution in [2.45, 2.75) is 40.0 Å². The number of rotatable bonds is 9. The van der Waals surface area contributed by atoms with Gasteiger partial charge in [0.15, 0.2) is 0 Å². The summed E-state index contributed by atoms with van der Waals surface area (Å²) >= 11 is 0. The van der Waals surface area contributed by atoms with Crippen LogP contribution in [0.15, 0.2) is 48.5 Å². The Labute approximate surface area is 150 Å². The molecule has 0 saturated carbocycles. The van der Waals surface area contributed by atoms with Gasteiger partial charge < -0.3 is 9.84 Å². The topological polar surface area (TPSA) is 46.5 Å². The lowest BCUT2D eigenvalue weighted by Gasteiger charge is -2.16. The van der Waals surface area contributed by atoms with Gasteiger partial charge in [-0.3, -0.25) is 4.79 Å². The zero-order chi connectivity index (χ0) is 18.2. The average molecular weight is 340 g/mol. The molecule has 3 nitrogen and oxygen atoms in total. The lowest BCUT2D eigenvalue weighted by molar-refractivity contribution is -0.141. The molecule has 0 radical (unpaired) electrons. The van der Waals surface area contributed by atoms with E-state index in [0.717, 1.165) is 35.3 Å². The summed E-state index contributed by atoms with van der Waals surface area (Å²) in [7, 11) is 0. The molecule has 2 atom stereocenters. The maximum Gasteiger partial charge on any atom is 0.306 e. The highest BCUT2D eigenvalue weighted by Gasteiger charge is 2.13. The molecule has 3 heteroatoms. The summed E-state index contributed by atoms with van der Waals surface area (Å²) in [5, 5.41) is 9.06. The second-order valence-electron chi connectivity index (χ2n) is 6.80. The summed E-state index contributed by atoms with van der Waals surface area (Å²) in [6.45, 7) is 6.80. The van der Waals surface area contributed by atoms with Crippen LogP contribution in [0.1, 0.15) is 39.2 Å². The summed E-state index contributed by atoms with van der Waals surface area (Å²) in [6, 6.07) is 16.4. The maximum atomic E-state index is 11.0. The molecule has 0 fully saturated rings. The fourth-order valence-electron chi connectivity index (χ4n) is 2.56. The van der Waals surface area contributed by atoms with E-state index in [2.05, 4.69) is 32.0 Å². The number of benzene rings is 2. The Morgan fingerprint density at radius 2 is 1.84 bits per heavy atom. The molecule has 25 heavy (non-hydrogen) atoms. The predicted molar refractivity (Wildman–Crippen MR) is 102 cm³/mol. The zero-order valence-electron chi connectivity index (χ0n) is 15.4. The normalized spacial score (nSPS) is 13.2. The lowest BCUT2D eigenvalue weighted by atomic mass is 9.97. The van der Waals surface area contributed by atoms with Crippen molar-refractivity contribution in [3.8, 4) is 16.9 Å². The second kappa shape index (κ2) is 9.26. The van der Waals surface area contributed by atoms with Gasteiger partial charge in [-0.15, -0.1) is 0 Å². The van der Waals surface area contributed by atoms with Gasteiger partial charge in [0.25, 0.3) is 0 Å². The third kappa shape index (κ3) is 5.63. The summed E-state index contributed by atoms with van der Waals surface area (Å²) in [5.41, 5.74) is 3.34. The van der Waals surface area contributed by atoms with Crippen molar-refractivity contribution in [2.24, 2.45) is 11.8 Å². The predicted octanol–water partition coefficient (Wildman–Crippen LogP) is 5.43. The van der Waals surface area contributed by atoms with E-state index in [1.165, 1.54) is 0 Å². The van der Waals surface area contributed by atoms with Crippen molar-refractivity contribution in [3.05, 3.63) is 54.1 Å². The second-order valence-corrected chi connectivity index (χ2v) is 6.80. The molecular formula is C22H28O3. The SMILES string of the molecule is CCC(C)COc1ccc(CCC(C)C(=O)O)cc1-c1ccccc1. The van der Waals surface area contributed by atoms with Crippen molar-refractivity contribution < 1.29 is 14.6 Å². The Bertz CT molecular complexity index is 679. The van der Waals surface area contributed by atoms with Gasteiger partial charge in [0.1, 0.15) is 5.75 Å². The van der Waals surface area contributed by atoms with Crippen molar-refractivity contribution in [1.29, 1.82) is 0 Å². The molecule has 0 aliphatic rings. The minimum Gasteiger partial charge on any atom is -0.493 e. The van der Waals surface area contributed by atoms with E-state index in [-0.39, 0.29) is 5.92 Å². The average Bonchev–Trinajstić information content (AvgIpc) is 2.64. The van der Waals surface area contributed by atoms with E-state index in [0.29, 0.717) is 18.9 Å². The summed E-state index contributed by atoms with van der Waals surface area (Å²) in [5.74, 6) is 0.333. The Morgan fingerprint density at radius 1 is 1.12 bits per heavy atom. The Hall–Kier alpha value is -2.29. The van der Waals surface area contributed by atoms with Crippen molar-refractivity contribution in [1.82, 2.24) is 0 Å². The van der Waals surface area contributed by atoms with E-state index in [1.54, 1.807) is 6.92 Å². The molecule has 2 aromatic rings. The van der Waals surface area contributed by atoms with E-state index in [9.17, 15) is 4.79 Å². The van der Waals surface area contributed by atoms with Crippen LogP contribution in [0.25, 0.3) is 11.1 Å². The number of hydrogen-bond donors (Lipinski definition) is 1. The first-order chi connectivity index (χ1) is 12.0. The highest BCUT2D eigenvalue weighted by atomic mass is 16.5. The molecule has 0 aliphatic heterocycles. The van der Waals surface area contributed by atoms with Gasteiger partial charge >= 0.3 is 5.97 Å². The number of aliphatic carboxylic acids is 1. The fraction of sp³-hybridized carbons (Fsp3) is 0.409. The number of ether oxygens (including phenoxy) is 1. The highest BCUT2D eigenvalue weighted by Crippen LogP contribution is 2.32. The van der Waals surface area contributed by atoms with Crippen LogP contribution in [0.4, 0.5) is 0 Å². The Morgan fingerprint density at radius 3 is 2.48 bits per heavy atom. The first-order valence-corrected chi connectivity index (χ1v) is 9.05. The molecule has 2 aromatic carbocycles. The quantitative estimate of drug-likeness (QED) is 0.662. The van der Waals surface area contributed by atoms with Crippen LogP contribution in [-0.4, -0.2) is 17.7 Å². The zero-order valence-corrected chi connectivity index (χ0v) is 15.4. The summed E-state index contributed by atoms with van der Waals surface area (Å²) < 4.78 is 6.07. The van der Waals surface area contributed by atoms with Gasteiger partial charge in [-0.1, -0.05) is 63.6 Å². The van der Waals surface area contributed by atoms with Gasteiger partial charge in [0, 0.05) is 5.56 Å². The van der Waals surface area contributed by atoms with Crippen LogP contribution in [0.3, 0.4) is 0 Å². The van der Waals surface area contributed by atoms with E-state index >= 15 is 0 Å². The molecule has 0 spiro atoms. The van der Waals surface area contributed by atoms with Crippen LogP contribution >= 0.6 is 0 Å². The molecule has 1 N–H and O–H groups in total. The summed E-state index contributed by atoms with van der Waals surface area (Å²) in [6.07, 6.45) is 2.47. The van der Waals surface area contributed by atoms with Gasteiger partial charge in [-0.25, -0.2) is 0 Å². The minimum atomic E-state index is -0.739. The van der Waals surface area contributed by atoms with Crippen LogP contribution in [0.5, 0.6) is 5.75 Å². The third-order valence-electron chi connectivity index (χ3n) is 4.64. The van der Waals surface area contributed by atoms with Gasteiger partial charge in [0.2, 0.25) is 0 Å². The van der Waals surface area contributed by atoms with Crippen LogP contribution in [0, 0.1) is 11.8 Å². The smallest absolute Gasteiger partial charge is 0.306 e. The summed E-state index contributed by atoms with van der Waals surface area (Å²) in [4.78, 5) is 11.0. The molecule has 0 bridgehead atoms. The largest absolute Gasteiger partial charge is 0.493 e. The number of carboxylic acids is 1. The molecular weight excluding hydrogens is 312 g/mol. The molecule has 0 aromatic heterocycles. The Kier molecular flexibility index (Phi) is 7.05. The maximum absolute atomic E-state index is 11.0.